The molecule has 0 aliphatic carbocycles. The Bertz CT molecular complexity index is 1050. The number of nitrogens with zero attached hydrogens (tertiary/aromatic N) is 6. The molecule has 3 heterocycles. The van der Waals surface area contributed by atoms with Crippen molar-refractivity contribution in [1.29, 1.82) is 0 Å². The number of imidazole rings is 1. The number of alkyl halides is 3. The Morgan fingerprint density at radius 1 is 1.17 bits per heavy atom. The minimum absolute atomic E-state index is 0.178. The van der Waals surface area contributed by atoms with E-state index in [1.54, 1.807) is 10.8 Å². The van der Waals surface area contributed by atoms with Gasteiger partial charge >= 0.3 is 12.3 Å². The van der Waals surface area contributed by atoms with E-state index in [0.29, 0.717) is 17.9 Å². The summed E-state index contributed by atoms with van der Waals surface area (Å²) in [7, 11) is 0. The fourth-order valence-corrected chi connectivity index (χ4v) is 2.86. The van der Waals surface area contributed by atoms with Crippen molar-refractivity contribution in [3.8, 4) is 5.69 Å². The number of hydrogen-bond acceptors (Lipinski definition) is 7. The van der Waals surface area contributed by atoms with Crippen LogP contribution in [0, 0.1) is 0 Å². The SMILES string of the molecule is C[C@H](Nc1ncnc(N2CCOC2=O)n1)c1cn(-c2ccc(C(F)(F)F)cc2)cn1. The molecular weight excluding hydrogens is 403 g/mol. The second kappa shape index (κ2) is 7.61. The molecule has 4 rings (SSSR count). The van der Waals surface area contributed by atoms with Crippen LogP contribution in [0.2, 0.25) is 0 Å². The average molecular weight is 419 g/mol. The minimum atomic E-state index is -4.38. The van der Waals surface area contributed by atoms with E-state index < -0.39 is 17.8 Å². The number of halogens is 3. The van der Waals surface area contributed by atoms with Crippen molar-refractivity contribution >= 4 is 18.0 Å². The van der Waals surface area contributed by atoms with Crippen LogP contribution in [0.3, 0.4) is 0 Å². The smallest absolute Gasteiger partial charge is 0.416 e. The highest BCUT2D eigenvalue weighted by molar-refractivity contribution is 5.87. The van der Waals surface area contributed by atoms with E-state index in [1.165, 1.54) is 29.7 Å². The minimum Gasteiger partial charge on any atom is -0.447 e. The van der Waals surface area contributed by atoms with E-state index in [4.69, 9.17) is 4.74 Å². The average Bonchev–Trinajstić information content (AvgIpc) is 3.37. The number of carbonyl (C=O) groups is 1. The van der Waals surface area contributed by atoms with Gasteiger partial charge in [0.1, 0.15) is 12.9 Å². The van der Waals surface area contributed by atoms with Gasteiger partial charge in [-0.25, -0.2) is 24.6 Å². The predicted octanol–water partition coefficient (Wildman–Crippen LogP) is 3.21. The Balaban J connectivity index is 1.47. The number of hydrogen-bond donors (Lipinski definition) is 1. The lowest BCUT2D eigenvalue weighted by molar-refractivity contribution is -0.137. The molecule has 1 fully saturated rings. The highest BCUT2D eigenvalue weighted by Crippen LogP contribution is 2.29. The van der Waals surface area contributed by atoms with Crippen LogP contribution in [0.1, 0.15) is 24.2 Å². The quantitative estimate of drug-likeness (QED) is 0.678. The van der Waals surface area contributed by atoms with Gasteiger partial charge in [0.05, 0.1) is 30.2 Å². The molecule has 3 aromatic rings. The first-order valence-corrected chi connectivity index (χ1v) is 8.92. The van der Waals surface area contributed by atoms with E-state index in [9.17, 15) is 18.0 Å². The second-order valence-electron chi connectivity index (χ2n) is 6.49. The van der Waals surface area contributed by atoms with E-state index in [0.717, 1.165) is 12.1 Å². The third kappa shape index (κ3) is 4.02. The Morgan fingerprint density at radius 2 is 1.93 bits per heavy atom. The maximum atomic E-state index is 12.7. The van der Waals surface area contributed by atoms with Gasteiger partial charge in [-0.05, 0) is 31.2 Å². The lowest BCUT2D eigenvalue weighted by Gasteiger charge is -2.14. The van der Waals surface area contributed by atoms with Crippen molar-refractivity contribution in [2.75, 3.05) is 23.4 Å². The Hall–Kier alpha value is -3.70. The van der Waals surface area contributed by atoms with Gasteiger partial charge in [-0.2, -0.15) is 18.2 Å². The summed E-state index contributed by atoms with van der Waals surface area (Å²) in [4.78, 5) is 29.5. The van der Waals surface area contributed by atoms with E-state index in [-0.39, 0.29) is 24.5 Å². The maximum absolute atomic E-state index is 12.7. The van der Waals surface area contributed by atoms with Crippen molar-refractivity contribution in [2.45, 2.75) is 19.1 Å². The molecular formula is C18H16F3N7O2. The number of amides is 1. The van der Waals surface area contributed by atoms with Gasteiger partial charge in [-0.15, -0.1) is 0 Å². The topological polar surface area (TPSA) is 98.1 Å². The molecule has 0 radical (unpaired) electrons. The first-order valence-electron chi connectivity index (χ1n) is 8.92. The van der Waals surface area contributed by atoms with Crippen LogP contribution in [-0.4, -0.2) is 43.7 Å². The third-order valence-electron chi connectivity index (χ3n) is 4.45. The zero-order valence-corrected chi connectivity index (χ0v) is 15.7. The summed E-state index contributed by atoms with van der Waals surface area (Å²) in [5.41, 5.74) is 0.454. The molecule has 1 aromatic carbocycles. The van der Waals surface area contributed by atoms with E-state index in [1.807, 2.05) is 6.92 Å². The molecule has 0 saturated carbocycles. The van der Waals surface area contributed by atoms with Crippen LogP contribution >= 0.6 is 0 Å². The Morgan fingerprint density at radius 3 is 2.60 bits per heavy atom. The van der Waals surface area contributed by atoms with Crippen molar-refractivity contribution < 1.29 is 22.7 Å². The van der Waals surface area contributed by atoms with Crippen LogP contribution in [0.5, 0.6) is 0 Å². The lowest BCUT2D eigenvalue weighted by atomic mass is 10.2. The second-order valence-corrected chi connectivity index (χ2v) is 6.49. The molecule has 156 valence electrons. The molecule has 9 nitrogen and oxygen atoms in total. The molecule has 1 N–H and O–H groups in total. The normalized spacial score (nSPS) is 15.2. The number of nitrogens with one attached hydrogen (secondary N) is 1. The number of ether oxygens (including phenoxy) is 1. The molecule has 1 amide bonds. The summed E-state index contributed by atoms with van der Waals surface area (Å²) in [5.74, 6) is 0.425. The molecule has 1 atom stereocenters. The number of cyclic esters (lactones) is 1. The summed E-state index contributed by atoms with van der Waals surface area (Å²) >= 11 is 0. The summed E-state index contributed by atoms with van der Waals surface area (Å²) in [6.07, 6.45) is -0.415. The molecule has 0 spiro atoms. The fraction of sp³-hybridized carbons (Fsp3) is 0.278. The molecule has 1 saturated heterocycles. The molecule has 12 heteroatoms. The molecule has 1 aliphatic heterocycles. The Labute approximate surface area is 168 Å². The lowest BCUT2D eigenvalue weighted by Crippen LogP contribution is -2.26. The summed E-state index contributed by atoms with van der Waals surface area (Å²) in [5, 5.41) is 3.07. The Kier molecular flexibility index (Phi) is 4.98. The van der Waals surface area contributed by atoms with Crippen molar-refractivity contribution in [3.63, 3.8) is 0 Å². The first kappa shape index (κ1) is 19.6. The highest BCUT2D eigenvalue weighted by Gasteiger charge is 2.30. The maximum Gasteiger partial charge on any atom is 0.416 e. The zero-order chi connectivity index (χ0) is 21.3. The van der Waals surface area contributed by atoms with Crippen LogP contribution in [0.4, 0.5) is 29.9 Å². The van der Waals surface area contributed by atoms with Crippen molar-refractivity contribution in [3.05, 3.63) is 54.4 Å². The fourth-order valence-electron chi connectivity index (χ4n) is 2.86. The summed E-state index contributed by atoms with van der Waals surface area (Å²) < 4.78 is 44.6. The van der Waals surface area contributed by atoms with Crippen LogP contribution in [0.25, 0.3) is 5.69 Å². The van der Waals surface area contributed by atoms with Crippen molar-refractivity contribution in [2.24, 2.45) is 0 Å². The standard InChI is InChI=1S/C18H16F3N7O2/c1-11(25-15-22-9-23-16(26-15)28-6-7-30-17(28)29)14-8-27(10-24-14)13-4-2-12(3-5-13)18(19,20)21/h2-5,8-11H,6-7H2,1H3,(H,22,23,25,26)/t11-/m0/s1. The number of benzene rings is 1. The number of carbonyl (C=O) groups excluding carboxylic acids is 1. The van der Waals surface area contributed by atoms with Gasteiger partial charge in [0, 0.05) is 11.9 Å². The van der Waals surface area contributed by atoms with Crippen LogP contribution in [0.15, 0.2) is 43.1 Å². The number of anilines is 2. The first-order chi connectivity index (χ1) is 14.3. The molecule has 0 unspecified atom stereocenters. The molecule has 2 aromatic heterocycles. The van der Waals surface area contributed by atoms with E-state index in [2.05, 4.69) is 25.3 Å². The highest BCUT2D eigenvalue weighted by atomic mass is 19.4. The molecule has 30 heavy (non-hydrogen) atoms. The largest absolute Gasteiger partial charge is 0.447 e. The molecule has 0 bridgehead atoms. The summed E-state index contributed by atoms with van der Waals surface area (Å²) in [6.45, 7) is 2.45. The monoisotopic (exact) mass is 419 g/mol. The van der Waals surface area contributed by atoms with E-state index >= 15 is 0 Å². The van der Waals surface area contributed by atoms with Gasteiger partial charge in [-0.3, -0.25) is 0 Å². The van der Waals surface area contributed by atoms with Crippen molar-refractivity contribution in [1.82, 2.24) is 24.5 Å². The predicted molar refractivity (Wildman–Crippen MR) is 99.1 cm³/mol. The van der Waals surface area contributed by atoms with Gasteiger partial charge in [0.2, 0.25) is 11.9 Å². The van der Waals surface area contributed by atoms with Gasteiger partial charge in [0.25, 0.3) is 0 Å². The van der Waals surface area contributed by atoms with Crippen LogP contribution < -0.4 is 10.2 Å². The zero-order valence-electron chi connectivity index (χ0n) is 15.7. The van der Waals surface area contributed by atoms with Crippen LogP contribution in [-0.2, 0) is 10.9 Å². The third-order valence-corrected chi connectivity index (χ3v) is 4.45. The molecule has 1 aliphatic rings. The number of aromatic nitrogens is 5. The summed E-state index contributed by atoms with van der Waals surface area (Å²) in [6, 6.07) is 4.47. The van der Waals surface area contributed by atoms with Gasteiger partial charge in [0.15, 0.2) is 0 Å². The van der Waals surface area contributed by atoms with Gasteiger partial charge in [-0.1, -0.05) is 0 Å². The number of rotatable bonds is 5. The van der Waals surface area contributed by atoms with Gasteiger partial charge < -0.3 is 14.6 Å².